The van der Waals surface area contributed by atoms with Crippen molar-refractivity contribution in [3.63, 3.8) is 0 Å². The van der Waals surface area contributed by atoms with Crippen LogP contribution in [0.3, 0.4) is 0 Å². The molecule has 2 heterocycles. The Morgan fingerprint density at radius 1 is 1.32 bits per heavy atom. The van der Waals surface area contributed by atoms with E-state index in [1.54, 1.807) is 54.1 Å². The van der Waals surface area contributed by atoms with Crippen molar-refractivity contribution in [3.05, 3.63) is 65.0 Å². The zero-order valence-electron chi connectivity index (χ0n) is 11.8. The highest BCUT2D eigenvalue weighted by Gasteiger charge is 2.13. The van der Waals surface area contributed by atoms with Crippen molar-refractivity contribution in [2.24, 2.45) is 0 Å². The maximum atomic E-state index is 12.3. The van der Waals surface area contributed by atoms with E-state index in [1.165, 1.54) is 0 Å². The van der Waals surface area contributed by atoms with Crippen molar-refractivity contribution in [1.82, 2.24) is 14.7 Å². The van der Waals surface area contributed by atoms with Crippen LogP contribution in [-0.4, -0.2) is 20.6 Å². The van der Waals surface area contributed by atoms with Crippen molar-refractivity contribution in [3.8, 4) is 0 Å². The summed E-state index contributed by atoms with van der Waals surface area (Å²) in [6.45, 7) is 2.09. The van der Waals surface area contributed by atoms with Gasteiger partial charge in [-0.25, -0.2) is 0 Å². The second kappa shape index (κ2) is 6.03. The van der Waals surface area contributed by atoms with E-state index in [4.69, 9.17) is 16.1 Å². The molecule has 112 valence electrons. The number of halogens is 1. The summed E-state index contributed by atoms with van der Waals surface area (Å²) in [5, 5.41) is 7.27. The lowest BCUT2D eigenvalue weighted by Crippen LogP contribution is -2.17. The number of carbonyl (C=O) groups is 1. The summed E-state index contributed by atoms with van der Waals surface area (Å²) in [7, 11) is 0. The first-order valence-corrected chi connectivity index (χ1v) is 7.01. The average molecular weight is 317 g/mol. The lowest BCUT2D eigenvalue weighted by atomic mass is 10.3. The molecule has 2 aromatic heterocycles. The molecule has 0 radical (unpaired) electrons. The normalized spacial score (nSPS) is 10.6. The maximum absolute atomic E-state index is 12.3. The first-order valence-electron chi connectivity index (χ1n) is 6.63. The summed E-state index contributed by atoms with van der Waals surface area (Å²) < 4.78 is 6.69. The van der Waals surface area contributed by atoms with Gasteiger partial charge in [0.25, 0.3) is 5.91 Å². The molecule has 0 bridgehead atoms. The van der Waals surface area contributed by atoms with E-state index in [9.17, 15) is 4.79 Å². The molecule has 0 atom stereocenters. The van der Waals surface area contributed by atoms with Crippen LogP contribution in [0.1, 0.15) is 22.2 Å². The van der Waals surface area contributed by atoms with Crippen LogP contribution in [0.5, 0.6) is 0 Å². The van der Waals surface area contributed by atoms with Crippen LogP contribution < -0.4 is 5.32 Å². The summed E-state index contributed by atoms with van der Waals surface area (Å²) in [5.41, 5.74) is 1.19. The molecule has 1 amide bonds. The molecule has 0 aliphatic heterocycles. The largest absolute Gasteiger partial charge is 0.340 e. The Labute approximate surface area is 131 Å². The summed E-state index contributed by atoms with van der Waals surface area (Å²) in [6.07, 6.45) is 1.79. The van der Waals surface area contributed by atoms with Gasteiger partial charge in [0.15, 0.2) is 5.82 Å². The summed E-state index contributed by atoms with van der Waals surface area (Å²) in [4.78, 5) is 16.5. The molecular formula is C15H13ClN4O2. The van der Waals surface area contributed by atoms with Gasteiger partial charge in [0, 0.05) is 23.8 Å². The highest BCUT2D eigenvalue weighted by Crippen LogP contribution is 2.15. The Kier molecular flexibility index (Phi) is 3.93. The van der Waals surface area contributed by atoms with E-state index in [0.717, 1.165) is 0 Å². The van der Waals surface area contributed by atoms with Gasteiger partial charge in [0.2, 0.25) is 5.89 Å². The van der Waals surface area contributed by atoms with Crippen molar-refractivity contribution in [2.45, 2.75) is 13.5 Å². The number of hydrogen-bond donors (Lipinski definition) is 1. The second-order valence-corrected chi connectivity index (χ2v) is 5.15. The van der Waals surface area contributed by atoms with Gasteiger partial charge < -0.3 is 14.4 Å². The number of rotatable bonds is 4. The number of amides is 1. The predicted octanol–water partition coefficient (Wildman–Crippen LogP) is 3.13. The Bertz CT molecular complexity index is 792. The highest BCUT2D eigenvalue weighted by atomic mass is 35.5. The minimum absolute atomic E-state index is 0.215. The van der Waals surface area contributed by atoms with E-state index >= 15 is 0 Å². The number of anilines is 1. The lowest BCUT2D eigenvalue weighted by molar-refractivity contribution is 0.101. The first kappa shape index (κ1) is 14.3. The summed E-state index contributed by atoms with van der Waals surface area (Å²) in [5.74, 6) is 0.802. The second-order valence-electron chi connectivity index (χ2n) is 4.71. The molecule has 0 aliphatic carbocycles. The first-order chi connectivity index (χ1) is 10.6. The van der Waals surface area contributed by atoms with Crippen molar-refractivity contribution >= 4 is 23.2 Å². The van der Waals surface area contributed by atoms with E-state index in [0.29, 0.717) is 34.7 Å². The molecule has 0 fully saturated rings. The zero-order valence-corrected chi connectivity index (χ0v) is 12.5. The van der Waals surface area contributed by atoms with E-state index < -0.39 is 0 Å². The molecule has 22 heavy (non-hydrogen) atoms. The minimum atomic E-state index is -0.215. The van der Waals surface area contributed by atoms with Gasteiger partial charge in [0.1, 0.15) is 5.69 Å². The van der Waals surface area contributed by atoms with Crippen LogP contribution in [0.2, 0.25) is 5.02 Å². The molecule has 6 nitrogen and oxygen atoms in total. The number of hydrogen-bond acceptors (Lipinski definition) is 4. The molecule has 0 saturated heterocycles. The van der Waals surface area contributed by atoms with Gasteiger partial charge in [-0.2, -0.15) is 4.98 Å². The summed E-state index contributed by atoms with van der Waals surface area (Å²) >= 11 is 5.83. The third-order valence-corrected chi connectivity index (χ3v) is 3.30. The molecular weight excluding hydrogens is 304 g/mol. The van der Waals surface area contributed by atoms with Gasteiger partial charge in [-0.1, -0.05) is 16.8 Å². The van der Waals surface area contributed by atoms with Gasteiger partial charge in [-0.05, 0) is 36.4 Å². The molecule has 7 heteroatoms. The molecule has 0 spiro atoms. The Morgan fingerprint density at radius 3 is 2.77 bits per heavy atom. The fourth-order valence-corrected chi connectivity index (χ4v) is 2.17. The summed E-state index contributed by atoms with van der Waals surface area (Å²) in [6, 6.07) is 10.5. The van der Waals surface area contributed by atoms with Crippen LogP contribution in [0.25, 0.3) is 0 Å². The predicted molar refractivity (Wildman–Crippen MR) is 82.0 cm³/mol. The van der Waals surface area contributed by atoms with Crippen LogP contribution in [0, 0.1) is 6.92 Å². The molecule has 0 saturated carbocycles. The number of benzene rings is 1. The van der Waals surface area contributed by atoms with Crippen LogP contribution in [0.15, 0.2) is 47.1 Å². The third kappa shape index (κ3) is 3.17. The van der Waals surface area contributed by atoms with Crippen LogP contribution in [0.4, 0.5) is 5.69 Å². The molecule has 3 rings (SSSR count). The fourth-order valence-electron chi connectivity index (χ4n) is 2.04. The highest BCUT2D eigenvalue weighted by molar-refractivity contribution is 6.30. The van der Waals surface area contributed by atoms with E-state index in [-0.39, 0.29) is 5.91 Å². The Morgan fingerprint density at radius 2 is 2.09 bits per heavy atom. The number of nitrogens with one attached hydrogen (secondary N) is 1. The van der Waals surface area contributed by atoms with Gasteiger partial charge >= 0.3 is 0 Å². The quantitative estimate of drug-likeness (QED) is 0.802. The Balaban J connectivity index is 1.76. The monoisotopic (exact) mass is 316 g/mol. The zero-order chi connectivity index (χ0) is 15.5. The lowest BCUT2D eigenvalue weighted by Gasteiger charge is -2.08. The van der Waals surface area contributed by atoms with Crippen molar-refractivity contribution in [1.29, 1.82) is 0 Å². The molecule has 1 aromatic carbocycles. The van der Waals surface area contributed by atoms with Gasteiger partial charge in [-0.15, -0.1) is 0 Å². The fraction of sp³-hybridized carbons (Fsp3) is 0.133. The standard InChI is InChI=1S/C15H13ClN4O2/c1-10-17-14(19-22-10)9-20-8-2-3-13(20)15(21)18-12-6-4-11(16)5-7-12/h2-8H,9H2,1H3,(H,18,21). The topological polar surface area (TPSA) is 73.0 Å². The van der Waals surface area contributed by atoms with E-state index in [2.05, 4.69) is 15.5 Å². The van der Waals surface area contributed by atoms with Gasteiger partial charge in [0.05, 0.1) is 6.54 Å². The minimum Gasteiger partial charge on any atom is -0.340 e. The number of aromatic nitrogens is 3. The number of carbonyl (C=O) groups excluding carboxylic acids is 1. The van der Waals surface area contributed by atoms with Crippen molar-refractivity contribution in [2.75, 3.05) is 5.32 Å². The van der Waals surface area contributed by atoms with Crippen molar-refractivity contribution < 1.29 is 9.32 Å². The SMILES string of the molecule is Cc1nc(Cn2cccc2C(=O)Nc2ccc(Cl)cc2)no1. The number of nitrogens with zero attached hydrogens (tertiary/aromatic N) is 3. The third-order valence-electron chi connectivity index (χ3n) is 3.05. The van der Waals surface area contributed by atoms with Gasteiger partial charge in [-0.3, -0.25) is 4.79 Å². The van der Waals surface area contributed by atoms with Crippen LogP contribution in [-0.2, 0) is 6.54 Å². The smallest absolute Gasteiger partial charge is 0.272 e. The molecule has 0 aliphatic rings. The Hall–Kier alpha value is -2.60. The molecule has 1 N–H and O–H groups in total. The number of aryl methyl sites for hydroxylation is 1. The average Bonchev–Trinajstić information content (AvgIpc) is 3.11. The molecule has 3 aromatic rings. The van der Waals surface area contributed by atoms with E-state index in [1.807, 2.05) is 0 Å². The molecule has 0 unspecified atom stereocenters. The van der Waals surface area contributed by atoms with Crippen LogP contribution >= 0.6 is 11.6 Å². The maximum Gasteiger partial charge on any atom is 0.272 e.